The van der Waals surface area contributed by atoms with Crippen molar-refractivity contribution in [3.63, 3.8) is 0 Å². The van der Waals surface area contributed by atoms with Crippen LogP contribution >= 0.6 is 0 Å². The Morgan fingerprint density at radius 1 is 0.385 bits per heavy atom. The van der Waals surface area contributed by atoms with E-state index in [2.05, 4.69) is 141 Å². The Hall–Kier alpha value is -3.81. The summed E-state index contributed by atoms with van der Waals surface area (Å²) in [6, 6.07) is -0.904. The van der Waals surface area contributed by atoms with Gasteiger partial charge in [-0.15, -0.1) is 0 Å². The molecule has 3 aliphatic heterocycles. The number of unbranched alkanes of at least 4 members (excludes halogenated alkanes) is 19. The van der Waals surface area contributed by atoms with Gasteiger partial charge in [0.15, 0.2) is 18.9 Å². The van der Waals surface area contributed by atoms with Gasteiger partial charge >= 0.3 is 0 Å². The van der Waals surface area contributed by atoms with E-state index in [0.717, 1.165) is 128 Å². The summed E-state index contributed by atoms with van der Waals surface area (Å²) in [6.45, 7) is 1.65. The second kappa shape index (κ2) is 56.9. The van der Waals surface area contributed by atoms with Crippen LogP contribution in [0.1, 0.15) is 226 Å². The maximum atomic E-state index is 13.4. The van der Waals surface area contributed by atoms with Crippen molar-refractivity contribution < 1.29 is 89.4 Å². The number of hydrogen-bond donors (Lipinski definition) is 12. The summed E-state index contributed by atoms with van der Waals surface area (Å²) in [4.78, 5) is 13.4. The van der Waals surface area contributed by atoms with Gasteiger partial charge in [0.05, 0.1) is 38.6 Å². The molecule has 0 aliphatic carbocycles. The van der Waals surface area contributed by atoms with Crippen LogP contribution in [0.3, 0.4) is 0 Å². The molecule has 17 atom stereocenters. The third-order valence-electron chi connectivity index (χ3n) is 17.6. The fourth-order valence-electron chi connectivity index (χ4n) is 11.6. The number of carbonyl (C=O) groups is 1. The predicted molar refractivity (Wildman–Crippen MR) is 378 cm³/mol. The number of ether oxygens (including phenoxy) is 6. The molecule has 1 amide bonds. The molecule has 0 radical (unpaired) electrons. The standard InChI is InChI=1S/C77H129NO18/c1-3-5-7-9-11-13-15-17-19-20-21-22-23-24-25-26-27-28-29-30-31-32-33-34-35-36-37-38-39-40-41-43-45-47-49-51-53-55-65(83)78-60(61(82)54-52-50-48-46-44-42-18-16-14-12-10-8-6-4-2)59-91-75-71(89)68(86)73(63(57-80)93-75)96-77-72(90)69(87)74(64(58-81)94-77)95-76-70(88)67(85)66(84)62(56-79)92-76/h5,7,11,13,17,19,21-22,24-25,27-28,30-31,33-34,36-37,39-40,60-64,66-77,79-82,84-90H,3-4,6,8-10,12,14-16,18,20,23,26,29,32,35,38,41-59H2,1-2H3,(H,78,83)/b7-5-,13-11-,19-17-,22-21-,25-24-,28-27-,31-30-,34-33-,37-36-,40-39-. The lowest BCUT2D eigenvalue weighted by Crippen LogP contribution is -2.66. The maximum absolute atomic E-state index is 13.4. The summed E-state index contributed by atoms with van der Waals surface area (Å²) < 4.78 is 34.4. The van der Waals surface area contributed by atoms with E-state index < -0.39 is 124 Å². The maximum Gasteiger partial charge on any atom is 0.220 e. The van der Waals surface area contributed by atoms with E-state index in [1.54, 1.807) is 0 Å². The van der Waals surface area contributed by atoms with Crippen molar-refractivity contribution in [2.75, 3.05) is 26.4 Å². The third-order valence-corrected chi connectivity index (χ3v) is 17.6. The van der Waals surface area contributed by atoms with Crippen LogP contribution in [0.2, 0.25) is 0 Å². The highest BCUT2D eigenvalue weighted by atomic mass is 16.8. The van der Waals surface area contributed by atoms with E-state index in [0.29, 0.717) is 12.8 Å². The number of nitrogens with one attached hydrogen (secondary N) is 1. The second-order valence-electron chi connectivity index (χ2n) is 25.7. The molecule has 0 aromatic rings. The van der Waals surface area contributed by atoms with E-state index in [1.807, 2.05) is 0 Å². The van der Waals surface area contributed by atoms with Crippen molar-refractivity contribution in [2.24, 2.45) is 0 Å². The van der Waals surface area contributed by atoms with Gasteiger partial charge in [-0.05, 0) is 89.9 Å². The van der Waals surface area contributed by atoms with E-state index in [9.17, 15) is 61.0 Å². The van der Waals surface area contributed by atoms with E-state index in [-0.39, 0.29) is 18.9 Å². The Labute approximate surface area is 576 Å². The summed E-state index contributed by atoms with van der Waals surface area (Å²) in [5.41, 5.74) is 0. The molecular weight excluding hydrogens is 1230 g/mol. The molecule has 3 heterocycles. The second-order valence-corrected chi connectivity index (χ2v) is 25.7. The van der Waals surface area contributed by atoms with Gasteiger partial charge in [0.1, 0.15) is 73.2 Å². The molecule has 0 bridgehead atoms. The summed E-state index contributed by atoms with van der Waals surface area (Å²) in [5, 5.41) is 121. The molecule has 96 heavy (non-hydrogen) atoms. The quantitative estimate of drug-likeness (QED) is 0.0199. The highest BCUT2D eigenvalue weighted by Crippen LogP contribution is 2.33. The summed E-state index contributed by atoms with van der Waals surface area (Å²) in [6.07, 6.45) is 51.4. The smallest absolute Gasteiger partial charge is 0.220 e. The first-order valence-corrected chi connectivity index (χ1v) is 36.8. The molecular formula is C77H129NO18. The Morgan fingerprint density at radius 3 is 1.12 bits per heavy atom. The van der Waals surface area contributed by atoms with Crippen LogP contribution in [-0.4, -0.2) is 193 Å². The fraction of sp³-hybridized carbons (Fsp3) is 0.727. The number of hydrogen-bond acceptors (Lipinski definition) is 18. The zero-order valence-electron chi connectivity index (χ0n) is 58.3. The fourth-order valence-corrected chi connectivity index (χ4v) is 11.6. The minimum absolute atomic E-state index is 0.241. The van der Waals surface area contributed by atoms with Crippen LogP contribution in [-0.2, 0) is 33.2 Å². The average Bonchev–Trinajstić information content (AvgIpc) is 0.787. The molecule has 0 aromatic heterocycles. The zero-order chi connectivity index (χ0) is 69.6. The molecule has 3 rings (SSSR count). The first kappa shape index (κ1) is 86.4. The molecule has 0 spiro atoms. The summed E-state index contributed by atoms with van der Waals surface area (Å²) in [5.74, 6) is -0.263. The number of aliphatic hydroxyl groups is 11. The van der Waals surface area contributed by atoms with E-state index in [4.69, 9.17) is 28.4 Å². The minimum Gasteiger partial charge on any atom is -0.394 e. The molecule has 3 saturated heterocycles. The third kappa shape index (κ3) is 37.6. The normalized spacial score (nSPS) is 27.8. The molecule has 550 valence electrons. The van der Waals surface area contributed by atoms with Crippen LogP contribution in [0.15, 0.2) is 122 Å². The van der Waals surface area contributed by atoms with E-state index >= 15 is 0 Å². The molecule has 0 aromatic carbocycles. The van der Waals surface area contributed by atoms with Crippen LogP contribution in [0, 0.1) is 0 Å². The Balaban J connectivity index is 1.36. The number of rotatable bonds is 55. The molecule has 0 saturated carbocycles. The highest BCUT2D eigenvalue weighted by molar-refractivity contribution is 5.76. The van der Waals surface area contributed by atoms with Crippen molar-refractivity contribution >= 4 is 5.91 Å². The van der Waals surface area contributed by atoms with Crippen molar-refractivity contribution in [1.29, 1.82) is 0 Å². The van der Waals surface area contributed by atoms with Crippen molar-refractivity contribution in [3.8, 4) is 0 Å². The van der Waals surface area contributed by atoms with Gasteiger partial charge in [-0.2, -0.15) is 0 Å². The number of amides is 1. The summed E-state index contributed by atoms with van der Waals surface area (Å²) >= 11 is 0. The van der Waals surface area contributed by atoms with Gasteiger partial charge < -0.3 is 89.9 Å². The van der Waals surface area contributed by atoms with Crippen LogP contribution in [0.5, 0.6) is 0 Å². The van der Waals surface area contributed by atoms with Crippen molar-refractivity contribution in [2.45, 2.75) is 330 Å². The Bertz CT molecular complexity index is 2210. The number of carbonyl (C=O) groups excluding carboxylic acids is 1. The first-order valence-electron chi connectivity index (χ1n) is 36.8. The van der Waals surface area contributed by atoms with Crippen molar-refractivity contribution in [3.05, 3.63) is 122 Å². The van der Waals surface area contributed by atoms with Gasteiger partial charge in [-0.1, -0.05) is 251 Å². The lowest BCUT2D eigenvalue weighted by Gasteiger charge is -2.48. The zero-order valence-corrected chi connectivity index (χ0v) is 58.3. The number of aliphatic hydroxyl groups excluding tert-OH is 11. The molecule has 3 fully saturated rings. The van der Waals surface area contributed by atoms with Gasteiger partial charge in [0, 0.05) is 6.42 Å². The SMILES string of the molecule is CC/C=C\C/C=C\C/C=C\C/C=C\C/C=C\C/C=C\C/C=C\C/C=C\C/C=C\C/C=C\CCCCCCCCC(=O)NC(COC1OC(CO)C(OC2OC(CO)C(OC3OC(CO)C(O)C(O)C3O)C(O)C2O)C(O)C1O)C(O)CCCCCCCCCCCCCCCC. The topological polar surface area (TPSA) is 307 Å². The molecule has 19 heteroatoms. The minimum atomic E-state index is -1.98. The van der Waals surface area contributed by atoms with Crippen LogP contribution in [0.4, 0.5) is 0 Å². The average molecular weight is 1360 g/mol. The van der Waals surface area contributed by atoms with Gasteiger partial charge in [-0.25, -0.2) is 0 Å². The van der Waals surface area contributed by atoms with Crippen LogP contribution in [0.25, 0.3) is 0 Å². The largest absolute Gasteiger partial charge is 0.394 e. The van der Waals surface area contributed by atoms with Crippen molar-refractivity contribution in [1.82, 2.24) is 5.32 Å². The highest BCUT2D eigenvalue weighted by Gasteiger charge is 2.53. The lowest BCUT2D eigenvalue weighted by atomic mass is 9.96. The van der Waals surface area contributed by atoms with E-state index in [1.165, 1.54) is 64.2 Å². The molecule has 12 N–H and O–H groups in total. The molecule has 17 unspecified atom stereocenters. The molecule has 19 nitrogen and oxygen atoms in total. The predicted octanol–water partition coefficient (Wildman–Crippen LogP) is 10.8. The van der Waals surface area contributed by atoms with Gasteiger partial charge in [0.2, 0.25) is 5.91 Å². The Morgan fingerprint density at radius 2 is 0.719 bits per heavy atom. The molecule has 3 aliphatic rings. The first-order chi connectivity index (χ1) is 46.8. The lowest BCUT2D eigenvalue weighted by molar-refractivity contribution is -0.379. The monoisotopic (exact) mass is 1360 g/mol. The van der Waals surface area contributed by atoms with Gasteiger partial charge in [0.25, 0.3) is 0 Å². The Kier molecular flexibility index (Phi) is 51.2. The summed E-state index contributed by atoms with van der Waals surface area (Å²) in [7, 11) is 0. The number of allylic oxidation sites excluding steroid dienone is 20. The van der Waals surface area contributed by atoms with Crippen LogP contribution < -0.4 is 5.32 Å². The van der Waals surface area contributed by atoms with Gasteiger partial charge in [-0.3, -0.25) is 4.79 Å².